The first-order valence-corrected chi connectivity index (χ1v) is 8.38. The zero-order valence-corrected chi connectivity index (χ0v) is 15.1. The number of benzene rings is 1. The molecule has 6 heteroatoms. The molecule has 23 heavy (non-hydrogen) atoms. The largest absolute Gasteiger partial charge is 0.354 e. The van der Waals surface area contributed by atoms with E-state index in [1.54, 1.807) is 0 Å². The fourth-order valence-electron chi connectivity index (χ4n) is 1.97. The summed E-state index contributed by atoms with van der Waals surface area (Å²) in [6.45, 7) is 7.10. The number of nitrogens with zero attached hydrogens (tertiary/aromatic N) is 2. The van der Waals surface area contributed by atoms with Crippen molar-refractivity contribution in [2.45, 2.75) is 27.2 Å². The summed E-state index contributed by atoms with van der Waals surface area (Å²) in [5, 5.41) is 6.02. The fourth-order valence-corrected chi connectivity index (χ4v) is 2.45. The number of hydrogen-bond acceptors (Lipinski definition) is 4. The first-order valence-electron chi connectivity index (χ1n) is 7.59. The van der Waals surface area contributed by atoms with Crippen molar-refractivity contribution in [3.63, 3.8) is 0 Å². The van der Waals surface area contributed by atoms with E-state index in [1.807, 2.05) is 25.1 Å². The minimum Gasteiger partial charge on any atom is -0.354 e. The minimum atomic E-state index is -0.218. The van der Waals surface area contributed by atoms with Gasteiger partial charge in [-0.05, 0) is 43.0 Å². The maximum absolute atomic E-state index is 12.2. The molecule has 0 aliphatic heterocycles. The molecular formula is C17H21BrN4O. The number of nitrogens with one attached hydrogen (secondary N) is 2. The summed E-state index contributed by atoms with van der Waals surface area (Å²) in [6, 6.07) is 5.70. The average Bonchev–Trinajstić information content (AvgIpc) is 2.50. The summed E-state index contributed by atoms with van der Waals surface area (Å²) >= 11 is 3.41. The van der Waals surface area contributed by atoms with Gasteiger partial charge in [-0.15, -0.1) is 0 Å². The standard InChI is InChI=1S/C17H21BrN4O/c1-11(2)6-7-19-17-20-9-13(10-21-17)16(23)22-15-5-4-14(18)8-12(15)3/h4-5,8-11H,6-7H2,1-3H3,(H,22,23)(H,19,20,21). The van der Waals surface area contributed by atoms with Crippen molar-refractivity contribution >= 4 is 33.5 Å². The molecule has 2 N–H and O–H groups in total. The maximum atomic E-state index is 12.2. The number of carbonyl (C=O) groups excluding carboxylic acids is 1. The van der Waals surface area contributed by atoms with E-state index in [1.165, 1.54) is 12.4 Å². The molecule has 0 bridgehead atoms. The van der Waals surface area contributed by atoms with E-state index in [4.69, 9.17) is 0 Å². The monoisotopic (exact) mass is 376 g/mol. The molecule has 0 aliphatic rings. The highest BCUT2D eigenvalue weighted by Crippen LogP contribution is 2.20. The molecule has 0 unspecified atom stereocenters. The number of rotatable bonds is 6. The van der Waals surface area contributed by atoms with Gasteiger partial charge in [-0.3, -0.25) is 4.79 Å². The van der Waals surface area contributed by atoms with Crippen molar-refractivity contribution in [2.24, 2.45) is 5.92 Å². The number of anilines is 2. The van der Waals surface area contributed by atoms with E-state index < -0.39 is 0 Å². The Hall–Kier alpha value is -1.95. The summed E-state index contributed by atoms with van der Waals surface area (Å²) < 4.78 is 0.980. The molecule has 1 amide bonds. The summed E-state index contributed by atoms with van der Waals surface area (Å²) in [5.41, 5.74) is 2.19. The number of aryl methyl sites for hydroxylation is 1. The Balaban J connectivity index is 1.97. The van der Waals surface area contributed by atoms with Crippen LogP contribution in [-0.4, -0.2) is 22.4 Å². The molecule has 0 saturated heterocycles. The van der Waals surface area contributed by atoms with Gasteiger partial charge >= 0.3 is 0 Å². The lowest BCUT2D eigenvalue weighted by molar-refractivity contribution is 0.102. The molecule has 2 aromatic rings. The predicted molar refractivity (Wildman–Crippen MR) is 96.8 cm³/mol. The van der Waals surface area contributed by atoms with Crippen LogP contribution in [0.3, 0.4) is 0 Å². The summed E-state index contributed by atoms with van der Waals surface area (Å²) in [6.07, 6.45) is 4.12. The Labute approximate surface area is 145 Å². The van der Waals surface area contributed by atoms with Crippen LogP contribution >= 0.6 is 15.9 Å². The molecule has 0 saturated carbocycles. The van der Waals surface area contributed by atoms with Gasteiger partial charge in [-0.1, -0.05) is 29.8 Å². The highest BCUT2D eigenvalue weighted by Gasteiger charge is 2.09. The zero-order valence-electron chi connectivity index (χ0n) is 13.6. The van der Waals surface area contributed by atoms with Gasteiger partial charge in [0.1, 0.15) is 0 Å². The van der Waals surface area contributed by atoms with Crippen LogP contribution in [0.5, 0.6) is 0 Å². The van der Waals surface area contributed by atoms with Crippen molar-refractivity contribution < 1.29 is 4.79 Å². The average molecular weight is 377 g/mol. The lowest BCUT2D eigenvalue weighted by Gasteiger charge is -2.09. The van der Waals surface area contributed by atoms with Crippen molar-refractivity contribution in [3.05, 3.63) is 46.2 Å². The topological polar surface area (TPSA) is 66.9 Å². The molecule has 0 atom stereocenters. The van der Waals surface area contributed by atoms with Crippen molar-refractivity contribution in [2.75, 3.05) is 17.2 Å². The molecular weight excluding hydrogens is 356 g/mol. The molecule has 1 heterocycles. The molecule has 0 radical (unpaired) electrons. The number of aromatic nitrogens is 2. The third-order valence-corrected chi connectivity index (χ3v) is 3.85. The van der Waals surface area contributed by atoms with E-state index in [2.05, 4.69) is 50.4 Å². The molecule has 5 nitrogen and oxygen atoms in total. The highest BCUT2D eigenvalue weighted by molar-refractivity contribution is 9.10. The normalized spacial score (nSPS) is 10.7. The van der Waals surface area contributed by atoms with E-state index in [-0.39, 0.29) is 5.91 Å². The van der Waals surface area contributed by atoms with Gasteiger partial charge in [0.2, 0.25) is 5.95 Å². The van der Waals surface area contributed by atoms with Crippen LogP contribution in [0, 0.1) is 12.8 Å². The number of carbonyl (C=O) groups is 1. The SMILES string of the molecule is Cc1cc(Br)ccc1NC(=O)c1cnc(NCCC(C)C)nc1. The second-order valence-electron chi connectivity index (χ2n) is 5.82. The molecule has 2 rings (SSSR count). The van der Waals surface area contributed by atoms with Crippen LogP contribution in [0.25, 0.3) is 0 Å². The van der Waals surface area contributed by atoms with Crippen LogP contribution in [0.15, 0.2) is 35.1 Å². The van der Waals surface area contributed by atoms with E-state index in [9.17, 15) is 4.79 Å². The number of halogens is 1. The van der Waals surface area contributed by atoms with E-state index in [0.29, 0.717) is 17.4 Å². The fraction of sp³-hybridized carbons (Fsp3) is 0.353. The Morgan fingerprint density at radius 2 is 1.96 bits per heavy atom. The summed E-state index contributed by atoms with van der Waals surface area (Å²) in [7, 11) is 0. The van der Waals surface area contributed by atoms with Gasteiger partial charge in [0.25, 0.3) is 5.91 Å². The van der Waals surface area contributed by atoms with Crippen LogP contribution < -0.4 is 10.6 Å². The second kappa shape index (κ2) is 8.06. The minimum absolute atomic E-state index is 0.218. The molecule has 1 aromatic heterocycles. The lowest BCUT2D eigenvalue weighted by atomic mass is 10.1. The summed E-state index contributed by atoms with van der Waals surface area (Å²) in [5.74, 6) is 0.952. The quantitative estimate of drug-likeness (QED) is 0.790. The second-order valence-corrected chi connectivity index (χ2v) is 6.73. The smallest absolute Gasteiger partial charge is 0.258 e. The summed E-state index contributed by atoms with van der Waals surface area (Å²) in [4.78, 5) is 20.6. The van der Waals surface area contributed by atoms with E-state index >= 15 is 0 Å². The van der Waals surface area contributed by atoms with Gasteiger partial charge < -0.3 is 10.6 Å². The Kier molecular flexibility index (Phi) is 6.10. The molecule has 1 aromatic carbocycles. The van der Waals surface area contributed by atoms with Crippen molar-refractivity contribution in [1.82, 2.24) is 9.97 Å². The third-order valence-electron chi connectivity index (χ3n) is 3.36. The van der Waals surface area contributed by atoms with Gasteiger partial charge in [-0.25, -0.2) is 9.97 Å². The van der Waals surface area contributed by atoms with Crippen LogP contribution in [0.1, 0.15) is 36.2 Å². The number of hydrogen-bond donors (Lipinski definition) is 2. The third kappa shape index (κ3) is 5.32. The van der Waals surface area contributed by atoms with Gasteiger partial charge in [0, 0.05) is 29.1 Å². The Morgan fingerprint density at radius 3 is 2.57 bits per heavy atom. The van der Waals surface area contributed by atoms with Crippen LogP contribution in [-0.2, 0) is 0 Å². The predicted octanol–water partition coefficient (Wildman–Crippen LogP) is 4.26. The van der Waals surface area contributed by atoms with Gasteiger partial charge in [0.05, 0.1) is 5.56 Å². The molecule has 122 valence electrons. The van der Waals surface area contributed by atoms with Crippen LogP contribution in [0.4, 0.5) is 11.6 Å². The van der Waals surface area contributed by atoms with Gasteiger partial charge in [0.15, 0.2) is 0 Å². The van der Waals surface area contributed by atoms with Gasteiger partial charge in [-0.2, -0.15) is 0 Å². The zero-order chi connectivity index (χ0) is 16.8. The molecule has 0 aliphatic carbocycles. The first-order chi connectivity index (χ1) is 11.0. The molecule has 0 spiro atoms. The van der Waals surface area contributed by atoms with Crippen molar-refractivity contribution in [3.8, 4) is 0 Å². The molecule has 0 fully saturated rings. The Morgan fingerprint density at radius 1 is 1.26 bits per heavy atom. The van der Waals surface area contributed by atoms with Crippen molar-refractivity contribution in [1.29, 1.82) is 0 Å². The number of amides is 1. The first kappa shape index (κ1) is 17.4. The maximum Gasteiger partial charge on any atom is 0.258 e. The van der Waals surface area contributed by atoms with Crippen LogP contribution in [0.2, 0.25) is 0 Å². The highest BCUT2D eigenvalue weighted by atomic mass is 79.9. The lowest BCUT2D eigenvalue weighted by Crippen LogP contribution is -2.14. The Bertz CT molecular complexity index is 671. The van der Waals surface area contributed by atoms with E-state index in [0.717, 1.165) is 28.7 Å².